The molecule has 0 saturated heterocycles. The second kappa shape index (κ2) is 11.4. The summed E-state index contributed by atoms with van der Waals surface area (Å²) in [5, 5.41) is 0. The van der Waals surface area contributed by atoms with E-state index in [4.69, 9.17) is 14.7 Å². The molecule has 236 valence electrons. The van der Waals surface area contributed by atoms with E-state index in [9.17, 15) is 0 Å². The van der Waals surface area contributed by atoms with E-state index in [1.54, 1.807) is 0 Å². The molecule has 0 saturated carbocycles. The van der Waals surface area contributed by atoms with Gasteiger partial charge in [0.1, 0.15) is 11.5 Å². The van der Waals surface area contributed by atoms with Crippen LogP contribution < -0.4 is 4.74 Å². The number of ether oxygens (including phenoxy) is 1. The standard InChI is InChI=1S/C47H32N2O/c1-3-14-31(15-4-1)42-30-43(49-46(48-42)32-16-5-2-6-17-32)35-19-13-18-33(28-35)34-26-27-41-45(29-34)50-44-25-12-11-24-40(44)47(41)38-22-9-7-20-36(38)37-21-8-10-23-39(37)47/h1-9,11-22,24-30H,10,23H2. The molecule has 3 heteroatoms. The highest BCUT2D eigenvalue weighted by Gasteiger charge is 2.51. The number of fused-ring (bicyclic) bond motifs is 8. The third-order valence-electron chi connectivity index (χ3n) is 10.5. The number of hydrogen-bond donors (Lipinski definition) is 0. The van der Waals surface area contributed by atoms with Crippen molar-refractivity contribution < 1.29 is 4.74 Å². The van der Waals surface area contributed by atoms with Crippen molar-refractivity contribution in [3.05, 3.63) is 198 Å². The van der Waals surface area contributed by atoms with Gasteiger partial charge in [-0.15, -0.1) is 0 Å². The topological polar surface area (TPSA) is 35.0 Å². The van der Waals surface area contributed by atoms with Gasteiger partial charge >= 0.3 is 0 Å². The molecular formula is C47H32N2O. The third-order valence-corrected chi connectivity index (χ3v) is 10.5. The number of benzene rings is 6. The van der Waals surface area contributed by atoms with E-state index in [0.717, 1.165) is 63.5 Å². The minimum absolute atomic E-state index is 0.385. The molecular weight excluding hydrogens is 609 g/mol. The van der Waals surface area contributed by atoms with Crippen molar-refractivity contribution in [3.8, 4) is 56.5 Å². The fraction of sp³-hybridized carbons (Fsp3) is 0.0638. The van der Waals surface area contributed by atoms with Gasteiger partial charge in [0.2, 0.25) is 0 Å². The third kappa shape index (κ3) is 4.37. The minimum atomic E-state index is -0.385. The summed E-state index contributed by atoms with van der Waals surface area (Å²) < 4.78 is 6.80. The Kier molecular flexibility index (Phi) is 6.53. The highest BCUT2D eigenvalue weighted by Crippen LogP contribution is 2.63. The van der Waals surface area contributed by atoms with E-state index < -0.39 is 0 Å². The Morgan fingerprint density at radius 1 is 0.480 bits per heavy atom. The lowest BCUT2D eigenvalue weighted by Crippen LogP contribution is -2.33. The highest BCUT2D eigenvalue weighted by molar-refractivity contribution is 5.92. The van der Waals surface area contributed by atoms with Gasteiger partial charge < -0.3 is 4.74 Å². The van der Waals surface area contributed by atoms with Crippen molar-refractivity contribution in [1.82, 2.24) is 9.97 Å². The maximum atomic E-state index is 6.80. The Balaban J connectivity index is 1.12. The van der Waals surface area contributed by atoms with Crippen molar-refractivity contribution in [2.75, 3.05) is 0 Å². The Bertz CT molecular complexity index is 2460. The Morgan fingerprint density at radius 2 is 1.12 bits per heavy atom. The first-order chi connectivity index (χ1) is 24.8. The normalized spacial score (nSPS) is 16.7. The molecule has 2 aliphatic carbocycles. The Hall–Kier alpha value is -6.32. The minimum Gasteiger partial charge on any atom is -0.457 e. The number of para-hydroxylation sites is 1. The fourth-order valence-electron chi connectivity index (χ4n) is 8.28. The lowest BCUT2D eigenvalue weighted by molar-refractivity contribution is 0.432. The van der Waals surface area contributed by atoms with Crippen LogP contribution in [-0.2, 0) is 5.41 Å². The average molecular weight is 641 g/mol. The second-order valence-electron chi connectivity index (χ2n) is 13.2. The molecule has 6 aromatic carbocycles. The molecule has 7 aromatic rings. The van der Waals surface area contributed by atoms with E-state index >= 15 is 0 Å². The summed E-state index contributed by atoms with van der Waals surface area (Å²) in [4.78, 5) is 10.1. The van der Waals surface area contributed by atoms with E-state index in [1.165, 1.54) is 33.4 Å². The Labute approximate surface area is 291 Å². The summed E-state index contributed by atoms with van der Waals surface area (Å²) in [6.07, 6.45) is 6.72. The molecule has 3 nitrogen and oxygen atoms in total. The Morgan fingerprint density at radius 3 is 1.96 bits per heavy atom. The van der Waals surface area contributed by atoms with Gasteiger partial charge in [-0.05, 0) is 70.5 Å². The monoisotopic (exact) mass is 640 g/mol. The number of hydrogen-bond acceptors (Lipinski definition) is 3. The first-order valence-electron chi connectivity index (χ1n) is 17.3. The van der Waals surface area contributed by atoms with E-state index in [-0.39, 0.29) is 5.41 Å². The predicted molar refractivity (Wildman–Crippen MR) is 202 cm³/mol. The zero-order chi connectivity index (χ0) is 33.1. The lowest BCUT2D eigenvalue weighted by atomic mass is 9.64. The molecule has 1 spiro atoms. The van der Waals surface area contributed by atoms with Crippen LogP contribution in [0.4, 0.5) is 0 Å². The smallest absolute Gasteiger partial charge is 0.160 e. The molecule has 1 aromatic heterocycles. The lowest BCUT2D eigenvalue weighted by Gasteiger charge is -2.41. The van der Waals surface area contributed by atoms with Crippen molar-refractivity contribution >= 4 is 5.57 Å². The maximum absolute atomic E-state index is 6.80. The van der Waals surface area contributed by atoms with Gasteiger partial charge in [0.15, 0.2) is 5.82 Å². The van der Waals surface area contributed by atoms with Gasteiger partial charge in [-0.1, -0.05) is 146 Å². The second-order valence-corrected chi connectivity index (χ2v) is 13.2. The number of rotatable bonds is 4. The SMILES string of the molecule is C1=CC2=C(CC1)C1(c3ccccc3Oc3cc(-c4cccc(-c5cc(-c6ccccc6)nc(-c6ccccc6)n5)c4)ccc31)c1ccccc12. The molecule has 50 heavy (non-hydrogen) atoms. The highest BCUT2D eigenvalue weighted by atomic mass is 16.5. The predicted octanol–water partition coefficient (Wildman–Crippen LogP) is 11.7. The number of allylic oxidation sites excluding steroid dienone is 4. The van der Waals surface area contributed by atoms with Crippen molar-refractivity contribution in [1.29, 1.82) is 0 Å². The van der Waals surface area contributed by atoms with Crippen LogP contribution in [0.1, 0.15) is 35.1 Å². The van der Waals surface area contributed by atoms with Gasteiger partial charge in [0.05, 0.1) is 16.8 Å². The van der Waals surface area contributed by atoms with Crippen LogP contribution in [0.2, 0.25) is 0 Å². The van der Waals surface area contributed by atoms with Crippen LogP contribution in [0.5, 0.6) is 11.5 Å². The molecule has 1 atom stereocenters. The molecule has 1 aliphatic heterocycles. The summed E-state index contributed by atoms with van der Waals surface area (Å²) in [5.41, 5.74) is 14.6. The largest absolute Gasteiger partial charge is 0.457 e. The zero-order valence-corrected chi connectivity index (χ0v) is 27.4. The first kappa shape index (κ1) is 28.7. The molecule has 10 rings (SSSR count). The molecule has 0 fully saturated rings. The summed E-state index contributed by atoms with van der Waals surface area (Å²) in [6, 6.07) is 55.6. The van der Waals surface area contributed by atoms with Crippen molar-refractivity contribution in [2.45, 2.75) is 18.3 Å². The molecule has 3 aliphatic rings. The van der Waals surface area contributed by atoms with E-state index in [2.05, 4.69) is 133 Å². The van der Waals surface area contributed by atoms with Crippen LogP contribution in [-0.4, -0.2) is 9.97 Å². The van der Waals surface area contributed by atoms with Gasteiger partial charge in [0.25, 0.3) is 0 Å². The molecule has 2 heterocycles. The van der Waals surface area contributed by atoms with Crippen LogP contribution in [0.3, 0.4) is 0 Å². The summed E-state index contributed by atoms with van der Waals surface area (Å²) in [6.45, 7) is 0. The maximum Gasteiger partial charge on any atom is 0.160 e. The summed E-state index contributed by atoms with van der Waals surface area (Å²) in [7, 11) is 0. The van der Waals surface area contributed by atoms with E-state index in [0.29, 0.717) is 5.82 Å². The molecule has 0 N–H and O–H groups in total. The molecule has 0 radical (unpaired) electrons. The quantitative estimate of drug-likeness (QED) is 0.192. The first-order valence-corrected chi connectivity index (χ1v) is 17.3. The number of aromatic nitrogens is 2. The van der Waals surface area contributed by atoms with Crippen molar-refractivity contribution in [3.63, 3.8) is 0 Å². The van der Waals surface area contributed by atoms with Crippen LogP contribution >= 0.6 is 0 Å². The van der Waals surface area contributed by atoms with E-state index in [1.807, 2.05) is 36.4 Å². The van der Waals surface area contributed by atoms with Gasteiger partial charge in [-0.2, -0.15) is 0 Å². The molecule has 0 amide bonds. The van der Waals surface area contributed by atoms with Gasteiger partial charge in [-0.25, -0.2) is 9.97 Å². The molecule has 0 bridgehead atoms. The number of nitrogens with zero attached hydrogens (tertiary/aromatic N) is 2. The van der Waals surface area contributed by atoms with Crippen LogP contribution in [0.15, 0.2) is 175 Å². The summed E-state index contributed by atoms with van der Waals surface area (Å²) >= 11 is 0. The van der Waals surface area contributed by atoms with Gasteiger partial charge in [0, 0.05) is 27.8 Å². The van der Waals surface area contributed by atoms with Crippen LogP contribution in [0, 0.1) is 0 Å². The van der Waals surface area contributed by atoms with Gasteiger partial charge in [-0.3, -0.25) is 0 Å². The average Bonchev–Trinajstić information content (AvgIpc) is 3.49. The van der Waals surface area contributed by atoms with Crippen LogP contribution in [0.25, 0.3) is 50.6 Å². The van der Waals surface area contributed by atoms with Crippen molar-refractivity contribution in [2.24, 2.45) is 0 Å². The summed E-state index contributed by atoms with van der Waals surface area (Å²) in [5.74, 6) is 2.54. The molecule has 1 unspecified atom stereocenters. The fourth-order valence-corrected chi connectivity index (χ4v) is 8.28. The zero-order valence-electron chi connectivity index (χ0n) is 27.4.